The van der Waals surface area contributed by atoms with Gasteiger partial charge < -0.3 is 28.4 Å². The number of ether oxygens (including phenoxy) is 6. The molecule has 2 unspecified atom stereocenters. The Hall–Kier alpha value is -3.36. The topological polar surface area (TPSA) is 85.3 Å². The van der Waals surface area contributed by atoms with Crippen molar-refractivity contribution < 1.29 is 33.2 Å². The van der Waals surface area contributed by atoms with Crippen LogP contribution in [0.1, 0.15) is 35.3 Å². The van der Waals surface area contributed by atoms with Crippen LogP contribution in [0.15, 0.2) is 24.5 Å². The molecule has 1 aromatic heterocycles. The van der Waals surface area contributed by atoms with Crippen molar-refractivity contribution in [1.29, 1.82) is 0 Å². The van der Waals surface area contributed by atoms with Crippen molar-refractivity contribution in [2.45, 2.75) is 26.7 Å². The van der Waals surface area contributed by atoms with Crippen molar-refractivity contribution in [3.05, 3.63) is 51.3 Å². The second-order valence-corrected chi connectivity index (χ2v) is 10.1. The highest BCUT2D eigenvalue weighted by molar-refractivity contribution is 6.35. The first kappa shape index (κ1) is 28.6. The van der Waals surface area contributed by atoms with Gasteiger partial charge in [-0.15, -0.1) is 0 Å². The summed E-state index contributed by atoms with van der Waals surface area (Å²) in [7, 11) is 7.49. The summed E-state index contributed by atoms with van der Waals surface area (Å²) in [6.45, 7) is 4.29. The molecule has 0 saturated carbocycles. The number of carbonyl (C=O) groups is 1. The molecule has 208 valence electrons. The van der Waals surface area contributed by atoms with E-state index in [-0.39, 0.29) is 34.6 Å². The summed E-state index contributed by atoms with van der Waals surface area (Å²) in [6, 6.07) is 3.26. The number of rotatable bonds is 7. The predicted molar refractivity (Wildman–Crippen MR) is 150 cm³/mol. The van der Waals surface area contributed by atoms with Crippen molar-refractivity contribution in [1.82, 2.24) is 4.98 Å². The Balaban J connectivity index is 2.20. The van der Waals surface area contributed by atoms with Crippen molar-refractivity contribution in [3.8, 4) is 45.6 Å². The Morgan fingerprint density at radius 1 is 0.744 bits per heavy atom. The minimum atomic E-state index is -0.636. The predicted octanol–water partition coefficient (Wildman–Crippen LogP) is 6.69. The van der Waals surface area contributed by atoms with Crippen LogP contribution in [0.5, 0.6) is 34.5 Å². The van der Waals surface area contributed by atoms with Crippen molar-refractivity contribution >= 4 is 29.2 Å². The van der Waals surface area contributed by atoms with Crippen molar-refractivity contribution in [3.63, 3.8) is 0 Å². The third kappa shape index (κ3) is 4.92. The molecule has 2 aromatic carbocycles. The lowest BCUT2D eigenvalue weighted by atomic mass is 9.77. The maximum absolute atomic E-state index is 13.4. The molecule has 1 aliphatic rings. The summed E-state index contributed by atoms with van der Waals surface area (Å²) < 4.78 is 34.8. The van der Waals surface area contributed by atoms with Gasteiger partial charge in [0.2, 0.25) is 11.5 Å². The summed E-state index contributed by atoms with van der Waals surface area (Å²) in [5.74, 6) is 1.25. The molecule has 10 heteroatoms. The number of hydrogen-bond acceptors (Lipinski definition) is 8. The Bertz CT molecular complexity index is 1400. The Morgan fingerprint density at radius 3 is 1.64 bits per heavy atom. The van der Waals surface area contributed by atoms with E-state index >= 15 is 0 Å². The Labute approximate surface area is 238 Å². The van der Waals surface area contributed by atoms with E-state index in [4.69, 9.17) is 51.6 Å². The van der Waals surface area contributed by atoms with E-state index in [0.29, 0.717) is 56.8 Å². The number of methoxy groups -OCH3 is 5. The van der Waals surface area contributed by atoms with Gasteiger partial charge in [0.25, 0.3) is 0 Å². The van der Waals surface area contributed by atoms with Gasteiger partial charge >= 0.3 is 5.97 Å². The smallest absolute Gasteiger partial charge is 0.345 e. The zero-order valence-electron chi connectivity index (χ0n) is 22.9. The van der Waals surface area contributed by atoms with E-state index in [1.54, 1.807) is 18.3 Å². The fourth-order valence-corrected chi connectivity index (χ4v) is 5.69. The van der Waals surface area contributed by atoms with Crippen molar-refractivity contribution in [2.24, 2.45) is 11.8 Å². The third-order valence-electron chi connectivity index (χ3n) is 7.20. The summed E-state index contributed by atoms with van der Waals surface area (Å²) >= 11 is 14.0. The monoisotopic (exact) mass is 575 g/mol. The highest BCUT2D eigenvalue weighted by atomic mass is 35.5. The number of carbonyl (C=O) groups excluding carboxylic acids is 1. The first-order valence-corrected chi connectivity index (χ1v) is 13.1. The zero-order chi connectivity index (χ0) is 28.4. The molecular weight excluding hydrogens is 545 g/mol. The maximum Gasteiger partial charge on any atom is 0.345 e. The fraction of sp³-hybridized carbons (Fsp3) is 0.379. The molecule has 1 aliphatic carbocycles. The quantitative estimate of drug-likeness (QED) is 0.227. The van der Waals surface area contributed by atoms with Crippen LogP contribution in [-0.4, -0.2) is 46.5 Å². The van der Waals surface area contributed by atoms with Gasteiger partial charge in [-0.3, -0.25) is 4.98 Å². The molecule has 39 heavy (non-hydrogen) atoms. The molecule has 0 amide bonds. The molecule has 0 spiro atoms. The van der Waals surface area contributed by atoms with Gasteiger partial charge in [0, 0.05) is 23.5 Å². The van der Waals surface area contributed by atoms with Gasteiger partial charge in [0.05, 0.1) is 51.2 Å². The van der Waals surface area contributed by atoms with Crippen LogP contribution in [0.25, 0.3) is 11.1 Å². The number of nitrogens with zero attached hydrogens (tertiary/aromatic N) is 1. The molecule has 0 N–H and O–H groups in total. The van der Waals surface area contributed by atoms with Gasteiger partial charge in [0.1, 0.15) is 0 Å². The van der Waals surface area contributed by atoms with E-state index in [1.165, 1.54) is 41.7 Å². The van der Waals surface area contributed by atoms with Gasteiger partial charge in [-0.25, -0.2) is 4.79 Å². The zero-order valence-corrected chi connectivity index (χ0v) is 24.5. The fourth-order valence-electron chi connectivity index (χ4n) is 5.02. The molecule has 0 bridgehead atoms. The Kier molecular flexibility index (Phi) is 8.67. The van der Waals surface area contributed by atoms with E-state index in [0.717, 1.165) is 5.56 Å². The van der Waals surface area contributed by atoms with Crippen LogP contribution in [0, 0.1) is 11.8 Å². The van der Waals surface area contributed by atoms with E-state index in [2.05, 4.69) is 18.8 Å². The average Bonchev–Trinajstić information content (AvgIpc) is 2.94. The number of fused-ring (bicyclic) bond motifs is 3. The SMILES string of the molecule is COc1c(Cl)c2c(c(OC)c1OC)-c1c(c(Cl)c(OC)c(OC)c1OC(=O)c1cccnc1)CC(C)C(C)C2. The molecular formula is C29H31Cl2NO7. The largest absolute Gasteiger partial charge is 0.492 e. The van der Waals surface area contributed by atoms with E-state index < -0.39 is 5.97 Å². The third-order valence-corrected chi connectivity index (χ3v) is 8.00. The van der Waals surface area contributed by atoms with Crippen LogP contribution < -0.4 is 28.4 Å². The molecule has 0 radical (unpaired) electrons. The lowest BCUT2D eigenvalue weighted by Crippen LogP contribution is -2.20. The standard InChI is InChI=1S/C29H31Cl2NO7/c1-14-11-17-19(23(34-3)27(37-6)25(35-4)21(17)30)20-18(12-15(14)2)22(31)26(36-5)28(38-7)24(20)39-29(33)16-9-8-10-32-13-16/h8-10,13-15H,11-12H2,1-7H3. The second kappa shape index (κ2) is 11.8. The summed E-state index contributed by atoms with van der Waals surface area (Å²) in [6.07, 6.45) is 4.15. The number of halogens is 2. The number of hydrogen-bond donors (Lipinski definition) is 0. The molecule has 1 heterocycles. The normalized spacial score (nSPS) is 16.2. The lowest BCUT2D eigenvalue weighted by Gasteiger charge is -2.32. The minimum Gasteiger partial charge on any atom is -0.492 e. The van der Waals surface area contributed by atoms with Crippen LogP contribution >= 0.6 is 23.2 Å². The molecule has 0 saturated heterocycles. The van der Waals surface area contributed by atoms with Crippen LogP contribution in [0.2, 0.25) is 10.0 Å². The molecule has 4 rings (SSSR count). The van der Waals surface area contributed by atoms with Gasteiger partial charge in [-0.1, -0.05) is 37.0 Å². The van der Waals surface area contributed by atoms with Crippen molar-refractivity contribution in [2.75, 3.05) is 35.5 Å². The highest BCUT2D eigenvalue weighted by Gasteiger charge is 2.37. The first-order chi connectivity index (χ1) is 18.7. The Morgan fingerprint density at radius 2 is 1.21 bits per heavy atom. The molecule has 8 nitrogen and oxygen atoms in total. The molecule has 0 fully saturated rings. The number of aromatic nitrogens is 1. The lowest BCUT2D eigenvalue weighted by molar-refractivity contribution is 0.0729. The van der Waals surface area contributed by atoms with Crippen LogP contribution in [-0.2, 0) is 12.8 Å². The van der Waals surface area contributed by atoms with Gasteiger partial charge in [0.15, 0.2) is 23.0 Å². The maximum atomic E-state index is 13.4. The summed E-state index contributed by atoms with van der Waals surface area (Å²) in [5, 5.41) is 0.706. The molecule has 2 atom stereocenters. The van der Waals surface area contributed by atoms with Crippen LogP contribution in [0.4, 0.5) is 0 Å². The van der Waals surface area contributed by atoms with Gasteiger partial charge in [-0.05, 0) is 47.9 Å². The molecule has 3 aromatic rings. The average molecular weight is 576 g/mol. The first-order valence-electron chi connectivity index (χ1n) is 12.3. The summed E-state index contributed by atoms with van der Waals surface area (Å²) in [4.78, 5) is 17.4. The number of benzene rings is 2. The number of esters is 1. The number of pyridine rings is 1. The molecule has 0 aliphatic heterocycles. The summed E-state index contributed by atoms with van der Waals surface area (Å²) in [5.41, 5.74) is 2.78. The van der Waals surface area contributed by atoms with Gasteiger partial charge in [-0.2, -0.15) is 0 Å². The highest BCUT2D eigenvalue weighted by Crippen LogP contribution is 2.60. The van der Waals surface area contributed by atoms with E-state index in [9.17, 15) is 4.79 Å². The minimum absolute atomic E-state index is 0.118. The second-order valence-electron chi connectivity index (χ2n) is 9.32. The van der Waals surface area contributed by atoms with Crippen LogP contribution in [0.3, 0.4) is 0 Å². The van der Waals surface area contributed by atoms with E-state index in [1.807, 2.05) is 0 Å².